The summed E-state index contributed by atoms with van der Waals surface area (Å²) in [6.45, 7) is 8.74. The molecule has 0 radical (unpaired) electrons. The number of nitrogens with one attached hydrogen (secondary N) is 1. The Morgan fingerprint density at radius 1 is 1.44 bits per heavy atom. The van der Waals surface area contributed by atoms with E-state index in [2.05, 4.69) is 23.2 Å². The zero-order valence-electron chi connectivity index (χ0n) is 10.1. The first-order valence-electron chi connectivity index (χ1n) is 6.24. The fourth-order valence-electron chi connectivity index (χ4n) is 3.06. The molecule has 1 aromatic rings. The minimum atomic E-state index is 0.741. The SMILES string of the molecule is Cc1cc(CN2CC[C@H]3CNC[C@H]32)oc1C. The van der Waals surface area contributed by atoms with Crippen LogP contribution in [-0.2, 0) is 6.54 Å². The maximum Gasteiger partial charge on any atom is 0.118 e. The Morgan fingerprint density at radius 3 is 3.06 bits per heavy atom. The summed E-state index contributed by atoms with van der Waals surface area (Å²) >= 11 is 0. The third-order valence-electron chi connectivity index (χ3n) is 4.14. The molecule has 0 aliphatic carbocycles. The average Bonchev–Trinajstić information content (AvgIpc) is 2.88. The molecule has 0 bridgehead atoms. The van der Waals surface area contributed by atoms with Gasteiger partial charge in [-0.25, -0.2) is 0 Å². The molecule has 3 nitrogen and oxygen atoms in total. The van der Waals surface area contributed by atoms with Crippen LogP contribution in [0.5, 0.6) is 0 Å². The van der Waals surface area contributed by atoms with Crippen LogP contribution in [0.2, 0.25) is 0 Å². The van der Waals surface area contributed by atoms with Gasteiger partial charge in [0.2, 0.25) is 0 Å². The van der Waals surface area contributed by atoms with Gasteiger partial charge in [0.15, 0.2) is 0 Å². The van der Waals surface area contributed by atoms with Crippen molar-refractivity contribution >= 4 is 0 Å². The summed E-state index contributed by atoms with van der Waals surface area (Å²) in [5.41, 5.74) is 1.27. The lowest BCUT2D eigenvalue weighted by Crippen LogP contribution is -2.33. The van der Waals surface area contributed by atoms with E-state index < -0.39 is 0 Å². The molecule has 2 aliphatic heterocycles. The molecular formula is C13H20N2O. The van der Waals surface area contributed by atoms with Crippen molar-refractivity contribution < 1.29 is 4.42 Å². The van der Waals surface area contributed by atoms with Crippen LogP contribution in [0.15, 0.2) is 10.5 Å². The minimum absolute atomic E-state index is 0.741. The molecule has 3 rings (SSSR count). The fourth-order valence-corrected chi connectivity index (χ4v) is 3.06. The molecule has 2 aliphatic rings. The van der Waals surface area contributed by atoms with Gasteiger partial charge in [-0.1, -0.05) is 0 Å². The van der Waals surface area contributed by atoms with Crippen LogP contribution in [0.4, 0.5) is 0 Å². The monoisotopic (exact) mass is 220 g/mol. The minimum Gasteiger partial charge on any atom is -0.465 e. The van der Waals surface area contributed by atoms with Crippen molar-refractivity contribution in [2.24, 2.45) is 5.92 Å². The van der Waals surface area contributed by atoms with Crippen molar-refractivity contribution in [2.45, 2.75) is 32.9 Å². The van der Waals surface area contributed by atoms with Crippen LogP contribution in [0.3, 0.4) is 0 Å². The van der Waals surface area contributed by atoms with Crippen molar-refractivity contribution in [1.29, 1.82) is 0 Å². The lowest BCUT2D eigenvalue weighted by Gasteiger charge is -2.21. The van der Waals surface area contributed by atoms with Crippen molar-refractivity contribution in [3.05, 3.63) is 23.2 Å². The molecular weight excluding hydrogens is 200 g/mol. The van der Waals surface area contributed by atoms with Crippen LogP contribution in [0, 0.1) is 19.8 Å². The Kier molecular flexibility index (Phi) is 2.52. The molecule has 2 fully saturated rings. The van der Waals surface area contributed by atoms with E-state index in [0.29, 0.717) is 0 Å². The summed E-state index contributed by atoms with van der Waals surface area (Å²) in [5, 5.41) is 3.48. The zero-order valence-corrected chi connectivity index (χ0v) is 10.1. The Bertz CT molecular complexity index is 366. The average molecular weight is 220 g/mol. The maximum absolute atomic E-state index is 5.76. The smallest absolute Gasteiger partial charge is 0.118 e. The van der Waals surface area contributed by atoms with Gasteiger partial charge in [0.05, 0.1) is 6.54 Å². The van der Waals surface area contributed by atoms with Crippen molar-refractivity contribution in [1.82, 2.24) is 10.2 Å². The van der Waals surface area contributed by atoms with Crippen LogP contribution in [0.25, 0.3) is 0 Å². The van der Waals surface area contributed by atoms with Crippen molar-refractivity contribution in [2.75, 3.05) is 19.6 Å². The largest absolute Gasteiger partial charge is 0.465 e. The van der Waals surface area contributed by atoms with Crippen molar-refractivity contribution in [3.63, 3.8) is 0 Å². The molecule has 3 heterocycles. The van der Waals surface area contributed by atoms with Gasteiger partial charge in [-0.15, -0.1) is 0 Å². The number of nitrogens with zero attached hydrogens (tertiary/aromatic N) is 1. The van der Waals surface area contributed by atoms with Gasteiger partial charge in [-0.2, -0.15) is 0 Å². The molecule has 0 aromatic carbocycles. The number of furan rings is 1. The van der Waals surface area contributed by atoms with Gasteiger partial charge in [-0.3, -0.25) is 4.90 Å². The van der Waals surface area contributed by atoms with Crippen LogP contribution < -0.4 is 5.32 Å². The number of aryl methyl sites for hydroxylation is 2. The van der Waals surface area contributed by atoms with Crippen LogP contribution >= 0.6 is 0 Å². The van der Waals surface area contributed by atoms with Gasteiger partial charge >= 0.3 is 0 Å². The normalized spacial score (nSPS) is 29.9. The first-order valence-corrected chi connectivity index (χ1v) is 6.24. The molecule has 88 valence electrons. The maximum atomic E-state index is 5.76. The lowest BCUT2D eigenvalue weighted by molar-refractivity contribution is 0.223. The molecule has 0 saturated carbocycles. The second-order valence-corrected chi connectivity index (χ2v) is 5.20. The summed E-state index contributed by atoms with van der Waals surface area (Å²) in [7, 11) is 0. The predicted molar refractivity (Wildman–Crippen MR) is 63.4 cm³/mol. The summed E-state index contributed by atoms with van der Waals surface area (Å²) in [5.74, 6) is 3.06. The molecule has 0 unspecified atom stereocenters. The number of fused-ring (bicyclic) bond motifs is 1. The van der Waals surface area contributed by atoms with E-state index in [0.717, 1.165) is 36.6 Å². The first-order chi connectivity index (χ1) is 7.74. The summed E-state index contributed by atoms with van der Waals surface area (Å²) < 4.78 is 5.76. The number of hydrogen-bond donors (Lipinski definition) is 1. The Hall–Kier alpha value is -0.800. The molecule has 2 atom stereocenters. The molecule has 1 N–H and O–H groups in total. The topological polar surface area (TPSA) is 28.4 Å². The molecule has 0 amide bonds. The Labute approximate surface area is 96.8 Å². The number of likely N-dealkylation sites (tertiary alicyclic amines) is 1. The molecule has 1 aromatic heterocycles. The van der Waals surface area contributed by atoms with E-state index in [1.54, 1.807) is 0 Å². The zero-order chi connectivity index (χ0) is 11.1. The lowest BCUT2D eigenvalue weighted by atomic mass is 10.1. The predicted octanol–water partition coefficient (Wildman–Crippen LogP) is 1.69. The van der Waals surface area contributed by atoms with E-state index in [1.807, 2.05) is 6.92 Å². The molecule has 3 heteroatoms. The van der Waals surface area contributed by atoms with E-state index in [4.69, 9.17) is 4.42 Å². The highest BCUT2D eigenvalue weighted by atomic mass is 16.3. The van der Waals surface area contributed by atoms with Crippen LogP contribution in [-0.4, -0.2) is 30.6 Å². The summed E-state index contributed by atoms with van der Waals surface area (Å²) in [6, 6.07) is 2.93. The highest BCUT2D eigenvalue weighted by molar-refractivity contribution is 5.18. The Morgan fingerprint density at radius 2 is 2.31 bits per heavy atom. The number of rotatable bonds is 2. The summed E-state index contributed by atoms with van der Waals surface area (Å²) in [4.78, 5) is 2.57. The number of hydrogen-bond acceptors (Lipinski definition) is 3. The van der Waals surface area contributed by atoms with Gasteiger partial charge in [-0.05, 0) is 50.9 Å². The fraction of sp³-hybridized carbons (Fsp3) is 0.692. The van der Waals surface area contributed by atoms with Gasteiger partial charge in [0.25, 0.3) is 0 Å². The molecule has 16 heavy (non-hydrogen) atoms. The highest BCUT2D eigenvalue weighted by Crippen LogP contribution is 2.29. The standard InChI is InChI=1S/C13H20N2O/c1-9-5-12(16-10(9)2)8-15-4-3-11-6-14-7-13(11)15/h5,11,13-14H,3-4,6-8H2,1-2H3/t11-,13+/m0/s1. The molecule has 0 spiro atoms. The van der Waals surface area contributed by atoms with Crippen LogP contribution in [0.1, 0.15) is 23.5 Å². The van der Waals surface area contributed by atoms with E-state index >= 15 is 0 Å². The van der Waals surface area contributed by atoms with Crippen molar-refractivity contribution in [3.8, 4) is 0 Å². The Balaban J connectivity index is 1.70. The molecule has 2 saturated heterocycles. The second kappa shape index (κ2) is 3.90. The summed E-state index contributed by atoms with van der Waals surface area (Å²) in [6.07, 6.45) is 1.34. The first kappa shape index (κ1) is 10.4. The van der Waals surface area contributed by atoms with Gasteiger partial charge in [0, 0.05) is 12.6 Å². The quantitative estimate of drug-likeness (QED) is 0.822. The van der Waals surface area contributed by atoms with E-state index in [9.17, 15) is 0 Å². The van der Waals surface area contributed by atoms with Gasteiger partial charge in [0.1, 0.15) is 11.5 Å². The van der Waals surface area contributed by atoms with E-state index in [-0.39, 0.29) is 0 Å². The van der Waals surface area contributed by atoms with E-state index in [1.165, 1.54) is 25.1 Å². The van der Waals surface area contributed by atoms with Gasteiger partial charge < -0.3 is 9.73 Å². The third kappa shape index (κ3) is 1.68. The second-order valence-electron chi connectivity index (χ2n) is 5.20. The third-order valence-corrected chi connectivity index (χ3v) is 4.14. The highest BCUT2D eigenvalue weighted by Gasteiger charge is 2.37.